The number of nitro benzene ring substituents is 1. The summed E-state index contributed by atoms with van der Waals surface area (Å²) in [7, 11) is 0. The van der Waals surface area contributed by atoms with Crippen LogP contribution in [-0.4, -0.2) is 16.6 Å². The number of hydrogen-bond acceptors (Lipinski definition) is 5. The second kappa shape index (κ2) is 6.49. The zero-order valence-corrected chi connectivity index (χ0v) is 11.8. The highest BCUT2D eigenvalue weighted by Crippen LogP contribution is 2.29. The summed E-state index contributed by atoms with van der Waals surface area (Å²) in [5, 5.41) is 22.4. The normalized spacial score (nSPS) is 12.1. The van der Waals surface area contributed by atoms with Crippen molar-refractivity contribution in [1.29, 1.82) is 0 Å². The molecule has 0 aliphatic rings. The van der Waals surface area contributed by atoms with Crippen molar-refractivity contribution in [2.24, 2.45) is 0 Å². The summed E-state index contributed by atoms with van der Waals surface area (Å²) in [6.45, 7) is 2.03. The Hall–Kier alpha value is -1.92. The van der Waals surface area contributed by atoms with Crippen molar-refractivity contribution < 1.29 is 14.8 Å². The molecule has 0 spiro atoms. The Morgan fingerprint density at radius 3 is 2.85 bits per heavy atom. The van der Waals surface area contributed by atoms with Crippen molar-refractivity contribution in [1.82, 2.24) is 0 Å². The number of hydrogen-bond donors (Lipinski definition) is 1. The lowest BCUT2D eigenvalue weighted by molar-refractivity contribution is -0.385. The van der Waals surface area contributed by atoms with Gasteiger partial charge in [0, 0.05) is 29.0 Å². The Balaban J connectivity index is 2.08. The number of aliphatic hydroxyl groups excluding tert-OH is 1. The van der Waals surface area contributed by atoms with Crippen LogP contribution in [0.3, 0.4) is 0 Å². The first-order valence-corrected chi connectivity index (χ1v) is 7.07. The lowest BCUT2D eigenvalue weighted by Gasteiger charge is -2.13. The van der Waals surface area contributed by atoms with Crippen LogP contribution >= 0.6 is 11.3 Å². The van der Waals surface area contributed by atoms with Crippen molar-refractivity contribution in [3.8, 4) is 5.75 Å². The molecule has 20 heavy (non-hydrogen) atoms. The van der Waals surface area contributed by atoms with Crippen molar-refractivity contribution in [2.75, 3.05) is 6.61 Å². The molecule has 0 saturated heterocycles. The Labute approximate surface area is 120 Å². The minimum atomic E-state index is -0.813. The molecular weight excluding hydrogens is 278 g/mol. The Morgan fingerprint density at radius 2 is 2.25 bits per heavy atom. The van der Waals surface area contributed by atoms with Crippen LogP contribution in [0.5, 0.6) is 5.75 Å². The largest absolute Gasteiger partial charge is 0.493 e. The van der Waals surface area contributed by atoms with Gasteiger partial charge in [0.15, 0.2) is 0 Å². The molecule has 1 aromatic heterocycles. The molecule has 2 rings (SSSR count). The van der Waals surface area contributed by atoms with E-state index in [1.807, 2.05) is 17.5 Å². The van der Waals surface area contributed by atoms with E-state index in [0.717, 1.165) is 6.42 Å². The molecule has 0 aliphatic heterocycles. The van der Waals surface area contributed by atoms with Gasteiger partial charge >= 0.3 is 0 Å². The fourth-order valence-corrected chi connectivity index (χ4v) is 2.51. The van der Waals surface area contributed by atoms with Gasteiger partial charge in [0.25, 0.3) is 5.69 Å². The van der Waals surface area contributed by atoms with Crippen molar-refractivity contribution in [2.45, 2.75) is 19.4 Å². The second-order valence-electron chi connectivity index (χ2n) is 4.33. The molecular formula is C14H15NO4S. The highest BCUT2D eigenvalue weighted by Gasteiger charge is 2.15. The van der Waals surface area contributed by atoms with E-state index < -0.39 is 11.0 Å². The molecule has 6 heteroatoms. The topological polar surface area (TPSA) is 72.6 Å². The Bertz CT molecular complexity index is 581. The van der Waals surface area contributed by atoms with E-state index in [-0.39, 0.29) is 5.69 Å². The van der Waals surface area contributed by atoms with E-state index >= 15 is 0 Å². The standard InChI is InChI=1S/C14H15NO4S/c1-10(16)13-9-11(15(17)18)4-5-14(13)19-7-6-12-3-2-8-20-12/h2-5,8-10,16H,6-7H2,1H3/t10-/m1/s1. The lowest BCUT2D eigenvalue weighted by atomic mass is 10.1. The van der Waals surface area contributed by atoms with E-state index in [9.17, 15) is 15.2 Å². The molecule has 1 heterocycles. The fraction of sp³-hybridized carbons (Fsp3) is 0.286. The summed E-state index contributed by atoms with van der Waals surface area (Å²) in [6.07, 6.45) is -0.0416. The highest BCUT2D eigenvalue weighted by molar-refractivity contribution is 7.09. The first-order chi connectivity index (χ1) is 9.58. The number of thiophene rings is 1. The van der Waals surface area contributed by atoms with E-state index in [0.29, 0.717) is 17.9 Å². The number of nitrogens with zero attached hydrogens (tertiary/aromatic N) is 1. The maximum Gasteiger partial charge on any atom is 0.270 e. The highest BCUT2D eigenvalue weighted by atomic mass is 32.1. The van der Waals surface area contributed by atoms with Gasteiger partial charge in [-0.1, -0.05) is 6.07 Å². The number of benzene rings is 1. The third-order valence-electron chi connectivity index (χ3n) is 2.84. The summed E-state index contributed by atoms with van der Waals surface area (Å²) in [5.74, 6) is 0.488. The van der Waals surface area contributed by atoms with Crippen LogP contribution in [0.2, 0.25) is 0 Å². The van der Waals surface area contributed by atoms with Gasteiger partial charge in [-0.25, -0.2) is 0 Å². The van der Waals surface area contributed by atoms with E-state index in [1.54, 1.807) is 18.3 Å². The molecule has 2 aromatic rings. The SMILES string of the molecule is C[C@@H](O)c1cc([N+](=O)[O-])ccc1OCCc1cccs1. The summed E-state index contributed by atoms with van der Waals surface area (Å²) in [4.78, 5) is 11.5. The number of ether oxygens (including phenoxy) is 1. The Morgan fingerprint density at radius 1 is 1.45 bits per heavy atom. The molecule has 1 atom stereocenters. The molecule has 1 N–H and O–H groups in total. The number of aliphatic hydroxyl groups is 1. The molecule has 1 aromatic carbocycles. The van der Waals surface area contributed by atoms with Crippen LogP contribution < -0.4 is 4.74 Å². The average Bonchev–Trinajstić information content (AvgIpc) is 2.91. The predicted octanol–water partition coefficient (Wildman–Crippen LogP) is 3.33. The van der Waals surface area contributed by atoms with E-state index in [1.165, 1.54) is 23.1 Å². The first kappa shape index (κ1) is 14.5. The lowest BCUT2D eigenvalue weighted by Crippen LogP contribution is -2.04. The maximum absolute atomic E-state index is 10.7. The van der Waals surface area contributed by atoms with Gasteiger partial charge in [-0.15, -0.1) is 11.3 Å². The Kier molecular flexibility index (Phi) is 4.70. The molecule has 0 radical (unpaired) electrons. The molecule has 5 nitrogen and oxygen atoms in total. The van der Waals surface area contributed by atoms with Gasteiger partial charge in [-0.3, -0.25) is 10.1 Å². The van der Waals surface area contributed by atoms with Crippen LogP contribution in [0.4, 0.5) is 5.69 Å². The van der Waals surface area contributed by atoms with Crippen molar-refractivity contribution >= 4 is 17.0 Å². The van der Waals surface area contributed by atoms with Crippen LogP contribution in [-0.2, 0) is 6.42 Å². The van der Waals surface area contributed by atoms with Crippen LogP contribution in [0.1, 0.15) is 23.5 Å². The molecule has 0 unspecified atom stereocenters. The van der Waals surface area contributed by atoms with Gasteiger partial charge in [0.2, 0.25) is 0 Å². The monoisotopic (exact) mass is 293 g/mol. The summed E-state index contributed by atoms with van der Waals surface area (Å²) in [5.41, 5.74) is 0.386. The van der Waals surface area contributed by atoms with Crippen molar-refractivity contribution in [3.05, 3.63) is 56.3 Å². The van der Waals surface area contributed by atoms with E-state index in [2.05, 4.69) is 0 Å². The molecule has 0 amide bonds. The fourth-order valence-electron chi connectivity index (χ4n) is 1.82. The molecule has 0 aliphatic carbocycles. The second-order valence-corrected chi connectivity index (χ2v) is 5.37. The summed E-state index contributed by atoms with van der Waals surface area (Å²) >= 11 is 1.66. The average molecular weight is 293 g/mol. The molecule has 0 bridgehead atoms. The van der Waals surface area contributed by atoms with Gasteiger partial charge in [-0.05, 0) is 24.4 Å². The molecule has 0 saturated carbocycles. The van der Waals surface area contributed by atoms with E-state index in [4.69, 9.17) is 4.74 Å². The number of rotatable bonds is 6. The van der Waals surface area contributed by atoms with Gasteiger partial charge in [-0.2, -0.15) is 0 Å². The zero-order valence-electron chi connectivity index (χ0n) is 11.0. The summed E-state index contributed by atoms with van der Waals surface area (Å²) in [6, 6.07) is 8.28. The van der Waals surface area contributed by atoms with Crippen molar-refractivity contribution in [3.63, 3.8) is 0 Å². The quantitative estimate of drug-likeness (QED) is 0.655. The van der Waals surface area contributed by atoms with Crippen LogP contribution in [0.25, 0.3) is 0 Å². The third-order valence-corrected chi connectivity index (χ3v) is 3.78. The van der Waals surface area contributed by atoms with Crippen LogP contribution in [0, 0.1) is 10.1 Å². The maximum atomic E-state index is 10.7. The van der Waals surface area contributed by atoms with Gasteiger partial charge in [0.05, 0.1) is 17.6 Å². The third kappa shape index (κ3) is 3.55. The molecule has 106 valence electrons. The number of nitro groups is 1. The first-order valence-electron chi connectivity index (χ1n) is 6.19. The van der Waals surface area contributed by atoms with Gasteiger partial charge in [0.1, 0.15) is 5.75 Å². The molecule has 0 fully saturated rings. The van der Waals surface area contributed by atoms with Crippen LogP contribution in [0.15, 0.2) is 35.7 Å². The minimum absolute atomic E-state index is 0.0495. The minimum Gasteiger partial charge on any atom is -0.493 e. The van der Waals surface area contributed by atoms with Gasteiger partial charge < -0.3 is 9.84 Å². The summed E-state index contributed by atoms with van der Waals surface area (Å²) < 4.78 is 5.63. The zero-order chi connectivity index (χ0) is 14.5. The smallest absolute Gasteiger partial charge is 0.270 e. The predicted molar refractivity (Wildman–Crippen MR) is 77.2 cm³/mol. The number of non-ortho nitro benzene ring substituents is 1.